The summed E-state index contributed by atoms with van der Waals surface area (Å²) in [4.78, 5) is 5.50. The number of pyridine rings is 1. The highest BCUT2D eigenvalue weighted by Gasteiger charge is 2.31. The second kappa shape index (κ2) is 23.7. The summed E-state index contributed by atoms with van der Waals surface area (Å²) in [5.41, 5.74) is 26.3. The van der Waals surface area contributed by atoms with Crippen LogP contribution in [0.2, 0.25) is 0 Å². The Morgan fingerprint density at radius 3 is 0.647 bits per heavy atom. The molecule has 0 radical (unpaired) electrons. The molecule has 0 fully saturated rings. The topological polar surface area (TPSA) is 56.4 Å². The number of aromatic nitrogens is 5. The Labute approximate surface area is 588 Å². The summed E-state index contributed by atoms with van der Waals surface area (Å²) in [6.45, 7) is 0. The molecule has 102 heavy (non-hydrogen) atoms. The molecule has 0 saturated heterocycles. The highest BCUT2D eigenvalue weighted by Crippen LogP contribution is 2.54. The number of rotatable bonds is 11. The Balaban J connectivity index is 0.923. The van der Waals surface area contributed by atoms with Gasteiger partial charge in [0.15, 0.2) is 0 Å². The Morgan fingerprint density at radius 2 is 0.402 bits per heavy atom. The molecule has 0 atom stereocenters. The summed E-state index contributed by atoms with van der Waals surface area (Å²) in [7, 11) is 0. The number of nitrogens with zero attached hydrogens (tertiary/aromatic N) is 6. The zero-order valence-corrected chi connectivity index (χ0v) is 55.3. The average Bonchev–Trinajstić information content (AvgIpc) is 1.06. The van der Waals surface area contributed by atoms with Crippen LogP contribution in [0.3, 0.4) is 0 Å². The molecular formula is C96H60N6. The lowest BCUT2D eigenvalue weighted by atomic mass is 9.75. The summed E-state index contributed by atoms with van der Waals surface area (Å²) in [5.74, 6) is 0. The lowest BCUT2D eigenvalue weighted by Crippen LogP contribution is -2.04. The van der Waals surface area contributed by atoms with E-state index in [2.05, 4.69) is 376 Å². The smallest absolute Gasteiger partial charge is 0.100 e. The van der Waals surface area contributed by atoms with Crippen molar-refractivity contribution in [2.24, 2.45) is 0 Å². The molecule has 5 aromatic heterocycles. The molecular weight excluding hydrogens is 1240 g/mol. The molecule has 15 aromatic carbocycles. The van der Waals surface area contributed by atoms with Crippen molar-refractivity contribution in [3.8, 4) is 107 Å². The first-order chi connectivity index (χ1) is 50.6. The van der Waals surface area contributed by atoms with Crippen molar-refractivity contribution in [2.45, 2.75) is 0 Å². The van der Waals surface area contributed by atoms with Gasteiger partial charge in [-0.05, 0) is 154 Å². The molecule has 0 amide bonds. The van der Waals surface area contributed by atoms with Crippen molar-refractivity contribution in [1.82, 2.24) is 23.3 Å². The number of benzene rings is 15. The average molecular weight is 1300 g/mol. The van der Waals surface area contributed by atoms with Gasteiger partial charge >= 0.3 is 0 Å². The van der Waals surface area contributed by atoms with Gasteiger partial charge in [-0.25, -0.2) is 4.98 Å². The van der Waals surface area contributed by atoms with E-state index in [1.807, 2.05) is 12.1 Å². The first kappa shape index (κ1) is 58.3. The minimum absolute atomic E-state index is 0.539. The van der Waals surface area contributed by atoms with Crippen molar-refractivity contribution in [2.75, 3.05) is 0 Å². The minimum Gasteiger partial charge on any atom is -0.309 e. The second-order valence-electron chi connectivity index (χ2n) is 26.4. The van der Waals surface area contributed by atoms with Crippen molar-refractivity contribution < 1.29 is 0 Å². The predicted octanol–water partition coefficient (Wildman–Crippen LogP) is 25.0. The zero-order chi connectivity index (χ0) is 67.4. The SMILES string of the molecule is N#Cc1c(-c2ccc(-n3c4ccccc4c4ccccc43)cc2)c(-c2ccc(-n3c4ccccc4c4ccccc43)cc2)c(-c2ccc(-n3c4ccccc4c4ccccc43)cc2)c(-c2ccc(-n3c4ccccc4c4ccccc43)cc2)c1-c1cc(-c2ccccc2)nc(-c2ccccc2)c1. The van der Waals surface area contributed by atoms with E-state index < -0.39 is 0 Å². The first-order valence-electron chi connectivity index (χ1n) is 34.7. The van der Waals surface area contributed by atoms with Crippen molar-refractivity contribution >= 4 is 87.2 Å². The van der Waals surface area contributed by atoms with Gasteiger partial charge in [0.25, 0.3) is 0 Å². The molecule has 20 rings (SSSR count). The maximum atomic E-state index is 12.9. The molecule has 0 aliphatic carbocycles. The van der Waals surface area contributed by atoms with E-state index in [1.54, 1.807) is 0 Å². The minimum atomic E-state index is 0.539. The van der Waals surface area contributed by atoms with E-state index in [0.717, 1.165) is 145 Å². The molecule has 0 aliphatic rings. The van der Waals surface area contributed by atoms with Crippen LogP contribution >= 0.6 is 0 Å². The molecule has 0 aliphatic heterocycles. The number of hydrogen-bond acceptors (Lipinski definition) is 2. The molecule has 6 heteroatoms. The highest BCUT2D eigenvalue weighted by molar-refractivity contribution is 6.15. The lowest BCUT2D eigenvalue weighted by Gasteiger charge is -2.27. The van der Waals surface area contributed by atoms with Gasteiger partial charge in [0.05, 0.1) is 61.1 Å². The highest BCUT2D eigenvalue weighted by atomic mass is 15.0. The lowest BCUT2D eigenvalue weighted by molar-refractivity contribution is 1.18. The van der Waals surface area contributed by atoms with Crippen LogP contribution in [-0.4, -0.2) is 23.3 Å². The van der Waals surface area contributed by atoms with Gasteiger partial charge < -0.3 is 18.3 Å². The molecule has 0 bridgehead atoms. The van der Waals surface area contributed by atoms with Gasteiger partial charge in [-0.1, -0.05) is 255 Å². The van der Waals surface area contributed by atoms with E-state index in [4.69, 9.17) is 4.98 Å². The summed E-state index contributed by atoms with van der Waals surface area (Å²) in [6, 6.07) is 134. The van der Waals surface area contributed by atoms with E-state index in [-0.39, 0.29) is 0 Å². The van der Waals surface area contributed by atoms with Gasteiger partial charge in [0.2, 0.25) is 0 Å². The maximum absolute atomic E-state index is 12.9. The molecule has 0 spiro atoms. The van der Waals surface area contributed by atoms with Crippen LogP contribution in [0.5, 0.6) is 0 Å². The summed E-state index contributed by atoms with van der Waals surface area (Å²) in [5, 5.41) is 22.5. The molecule has 20 aromatic rings. The Hall–Kier alpha value is -13.9. The first-order valence-corrected chi connectivity index (χ1v) is 34.7. The Bertz CT molecular complexity index is 6490. The fourth-order valence-electron chi connectivity index (χ4n) is 16.4. The fourth-order valence-corrected chi connectivity index (χ4v) is 16.4. The van der Waals surface area contributed by atoms with Gasteiger partial charge in [0, 0.05) is 88.1 Å². The normalized spacial score (nSPS) is 11.7. The maximum Gasteiger partial charge on any atom is 0.100 e. The van der Waals surface area contributed by atoms with Crippen molar-refractivity contribution in [3.05, 3.63) is 370 Å². The van der Waals surface area contributed by atoms with Crippen LogP contribution in [0, 0.1) is 11.3 Å². The number of fused-ring (bicyclic) bond motifs is 12. The third-order valence-electron chi connectivity index (χ3n) is 20.8. The number of nitriles is 1. The van der Waals surface area contributed by atoms with Crippen LogP contribution in [0.1, 0.15) is 5.56 Å². The quantitative estimate of drug-likeness (QED) is 0.130. The van der Waals surface area contributed by atoms with Gasteiger partial charge in [0.1, 0.15) is 6.07 Å². The number of para-hydroxylation sites is 8. The van der Waals surface area contributed by atoms with Crippen LogP contribution in [0.25, 0.3) is 188 Å². The fraction of sp³-hybridized carbons (Fsp3) is 0. The Morgan fingerprint density at radius 1 is 0.196 bits per heavy atom. The van der Waals surface area contributed by atoms with Crippen LogP contribution < -0.4 is 0 Å². The monoisotopic (exact) mass is 1300 g/mol. The Kier molecular flexibility index (Phi) is 13.6. The second-order valence-corrected chi connectivity index (χ2v) is 26.4. The molecule has 6 nitrogen and oxygen atoms in total. The zero-order valence-electron chi connectivity index (χ0n) is 55.3. The molecule has 0 saturated carbocycles. The molecule has 0 unspecified atom stereocenters. The van der Waals surface area contributed by atoms with Crippen LogP contribution in [-0.2, 0) is 0 Å². The summed E-state index contributed by atoms with van der Waals surface area (Å²) >= 11 is 0. The molecule has 5 heterocycles. The van der Waals surface area contributed by atoms with E-state index in [0.29, 0.717) is 5.56 Å². The molecule has 0 N–H and O–H groups in total. The van der Waals surface area contributed by atoms with Gasteiger partial charge in [-0.3, -0.25) is 0 Å². The van der Waals surface area contributed by atoms with E-state index >= 15 is 0 Å². The van der Waals surface area contributed by atoms with E-state index in [1.165, 1.54) is 43.1 Å². The van der Waals surface area contributed by atoms with Crippen LogP contribution in [0.15, 0.2) is 364 Å². The molecule has 474 valence electrons. The van der Waals surface area contributed by atoms with Crippen LogP contribution in [0.4, 0.5) is 0 Å². The summed E-state index contributed by atoms with van der Waals surface area (Å²) in [6.07, 6.45) is 0. The largest absolute Gasteiger partial charge is 0.309 e. The predicted molar refractivity (Wildman–Crippen MR) is 424 cm³/mol. The van der Waals surface area contributed by atoms with Crippen molar-refractivity contribution in [1.29, 1.82) is 5.26 Å². The summed E-state index contributed by atoms with van der Waals surface area (Å²) < 4.78 is 9.51. The van der Waals surface area contributed by atoms with Gasteiger partial charge in [-0.2, -0.15) is 5.26 Å². The standard InChI is InChI=1S/C96H60N6/c97-61-81-92(64-43-51-69(52-44-64)99-84-35-15-7-27-73(84)74-28-8-16-36-85(74)99)94(65-45-53-70(54-46-65)100-86-37-17-9-29-75(86)76-30-10-18-38-87(76)100)96(67-49-57-72(58-50-67)102-90-41-21-13-33-79(90)80-34-14-22-42-91(80)102)95(66-47-55-71(56-48-66)101-88-39-19-11-31-77(88)78-32-12-20-40-89(78)101)93(81)68-59-82(62-23-3-1-4-24-62)98-83(60-68)63-25-5-2-6-26-63/h1-60H. The van der Waals surface area contributed by atoms with E-state index in [9.17, 15) is 5.26 Å². The third-order valence-corrected chi connectivity index (χ3v) is 20.8. The van der Waals surface area contributed by atoms with Crippen molar-refractivity contribution in [3.63, 3.8) is 0 Å². The number of hydrogen-bond donors (Lipinski definition) is 0. The van der Waals surface area contributed by atoms with Gasteiger partial charge in [-0.15, -0.1) is 0 Å². The third kappa shape index (κ3) is 9.23.